The van der Waals surface area contributed by atoms with Crippen molar-refractivity contribution in [1.82, 2.24) is 24.3 Å². The molecule has 0 bridgehead atoms. The number of ether oxygens (including phenoxy) is 1. The van der Waals surface area contributed by atoms with Crippen molar-refractivity contribution in [2.75, 3.05) is 39.0 Å². The highest BCUT2D eigenvalue weighted by molar-refractivity contribution is 7.88. The minimum absolute atomic E-state index is 0.0468. The Kier molecular flexibility index (Phi) is 7.05. The molecular weight excluding hydrogens is 466 g/mol. The van der Waals surface area contributed by atoms with Crippen LogP contribution in [0, 0.1) is 5.92 Å². The van der Waals surface area contributed by atoms with Crippen molar-refractivity contribution in [2.45, 2.75) is 56.6 Å². The Morgan fingerprint density at radius 2 is 1.89 bits per heavy atom. The number of rotatable bonds is 6. The largest absolute Gasteiger partial charge is 0.378 e. The molecule has 3 aliphatic rings. The molecule has 3 heterocycles. The van der Waals surface area contributed by atoms with E-state index in [4.69, 9.17) is 4.74 Å². The van der Waals surface area contributed by atoms with Crippen molar-refractivity contribution < 1.29 is 17.9 Å². The van der Waals surface area contributed by atoms with Gasteiger partial charge in [-0.3, -0.25) is 4.68 Å². The zero-order valence-corrected chi connectivity index (χ0v) is 21.5. The first kappa shape index (κ1) is 24.5. The molecule has 5 rings (SSSR count). The van der Waals surface area contributed by atoms with Gasteiger partial charge in [0.1, 0.15) is 0 Å². The summed E-state index contributed by atoms with van der Waals surface area (Å²) in [6, 6.07) is 6.52. The van der Waals surface area contributed by atoms with Gasteiger partial charge in [-0.15, -0.1) is 0 Å². The third kappa shape index (κ3) is 5.65. The van der Waals surface area contributed by atoms with E-state index in [1.54, 1.807) is 0 Å². The van der Waals surface area contributed by atoms with Gasteiger partial charge in [-0.2, -0.15) is 5.10 Å². The Bertz CT molecular complexity index is 1150. The monoisotopic (exact) mass is 503 g/mol. The first-order valence-corrected chi connectivity index (χ1v) is 14.7. The molecule has 35 heavy (non-hydrogen) atoms. The summed E-state index contributed by atoms with van der Waals surface area (Å²) in [6.45, 7) is 3.21. The quantitative estimate of drug-likeness (QED) is 0.654. The molecule has 2 amide bonds. The summed E-state index contributed by atoms with van der Waals surface area (Å²) in [5.74, 6) is 0.479. The van der Waals surface area contributed by atoms with Gasteiger partial charge in [0.2, 0.25) is 10.0 Å². The number of nitrogens with zero attached hydrogens (tertiary/aromatic N) is 4. The van der Waals surface area contributed by atoms with Gasteiger partial charge >= 0.3 is 6.03 Å². The van der Waals surface area contributed by atoms with E-state index in [1.165, 1.54) is 17.2 Å². The second kappa shape index (κ2) is 10.1. The van der Waals surface area contributed by atoms with Crippen LogP contribution < -0.4 is 4.72 Å². The fourth-order valence-electron chi connectivity index (χ4n) is 5.77. The maximum absolute atomic E-state index is 12.7. The highest BCUT2D eigenvalue weighted by atomic mass is 32.2. The van der Waals surface area contributed by atoms with Crippen LogP contribution in [0.15, 0.2) is 24.4 Å². The molecule has 2 aliphatic heterocycles. The predicted octanol–water partition coefficient (Wildman–Crippen LogP) is 2.68. The maximum atomic E-state index is 12.7. The molecule has 2 aromatic rings. The maximum Gasteiger partial charge on any atom is 0.320 e. The molecule has 1 unspecified atom stereocenters. The van der Waals surface area contributed by atoms with Crippen LogP contribution >= 0.6 is 0 Å². The molecule has 1 saturated carbocycles. The molecule has 0 spiro atoms. The molecule has 1 aliphatic carbocycles. The van der Waals surface area contributed by atoms with Gasteiger partial charge in [-0.1, -0.05) is 6.07 Å². The summed E-state index contributed by atoms with van der Waals surface area (Å²) in [4.78, 5) is 16.5. The normalized spacial score (nSPS) is 27.7. The highest BCUT2D eigenvalue weighted by Gasteiger charge is 2.36. The zero-order valence-electron chi connectivity index (χ0n) is 20.7. The second-order valence-corrected chi connectivity index (χ2v) is 12.3. The molecule has 2 atom stereocenters. The summed E-state index contributed by atoms with van der Waals surface area (Å²) >= 11 is 0. The Hall–Kier alpha value is -2.17. The lowest BCUT2D eigenvalue weighted by Crippen LogP contribution is -2.58. The Labute approximate surface area is 207 Å². The molecule has 192 valence electrons. The lowest BCUT2D eigenvalue weighted by atomic mass is 9.82. The van der Waals surface area contributed by atoms with Gasteiger partial charge in [0, 0.05) is 50.6 Å². The summed E-state index contributed by atoms with van der Waals surface area (Å²) in [5.41, 5.74) is 2.52. The van der Waals surface area contributed by atoms with Crippen molar-refractivity contribution in [3.8, 4) is 0 Å². The molecule has 0 radical (unpaired) electrons. The van der Waals surface area contributed by atoms with Crippen LogP contribution in [0.25, 0.3) is 10.9 Å². The molecule has 2 saturated heterocycles. The van der Waals surface area contributed by atoms with Gasteiger partial charge in [0.25, 0.3) is 0 Å². The lowest BCUT2D eigenvalue weighted by Gasteiger charge is -2.43. The molecule has 1 aromatic heterocycles. The van der Waals surface area contributed by atoms with E-state index >= 15 is 0 Å². The molecule has 1 N–H and O–H groups in total. The van der Waals surface area contributed by atoms with Gasteiger partial charge in [-0.05, 0) is 62.1 Å². The number of sulfonamides is 1. The first-order chi connectivity index (χ1) is 16.8. The fraction of sp³-hybridized carbons (Fsp3) is 0.680. The summed E-state index contributed by atoms with van der Waals surface area (Å²) < 4.78 is 34.9. The number of urea groups is 1. The smallest absolute Gasteiger partial charge is 0.320 e. The summed E-state index contributed by atoms with van der Waals surface area (Å²) in [7, 11) is -1.36. The number of aromatic nitrogens is 2. The van der Waals surface area contributed by atoms with Crippen LogP contribution in [0.1, 0.15) is 50.0 Å². The standard InChI is InChI=1S/C25H37N5O4S/c1-28-24-9-6-19(14-20(24)15-26-28)18-4-7-22(8-5-18)34-17-21-16-30(25(31)29-11-3-12-29)13-10-23(21)27-35(2,32)33/h6,9,14-15,18,21-23,27H,3-5,7-8,10-13,16-17H2,1-2H3/t18?,21-,22?,23?/m0/s1. The van der Waals surface area contributed by atoms with Crippen LogP contribution in [-0.2, 0) is 21.8 Å². The number of carbonyl (C=O) groups is 1. The van der Waals surface area contributed by atoms with E-state index in [9.17, 15) is 13.2 Å². The van der Waals surface area contributed by atoms with Crippen LogP contribution in [0.4, 0.5) is 4.79 Å². The summed E-state index contributed by atoms with van der Waals surface area (Å²) in [6.07, 6.45) is 9.10. The second-order valence-electron chi connectivity index (χ2n) is 10.5. The van der Waals surface area contributed by atoms with E-state index < -0.39 is 10.0 Å². The topological polar surface area (TPSA) is 96.8 Å². The van der Waals surface area contributed by atoms with E-state index in [2.05, 4.69) is 28.0 Å². The average Bonchev–Trinajstić information content (AvgIpc) is 3.16. The van der Waals surface area contributed by atoms with Gasteiger partial charge in [-0.25, -0.2) is 17.9 Å². The SMILES string of the molecule is Cn1ncc2cc(C3CCC(OC[C@@H]4CN(C(=O)N5CCC5)CCC4NS(C)(=O)=O)CC3)ccc21. The number of hydrogen-bond acceptors (Lipinski definition) is 5. The number of nitrogens with one attached hydrogen (secondary N) is 1. The van der Waals surface area contributed by atoms with Crippen molar-refractivity contribution >= 4 is 27.0 Å². The molecule has 3 fully saturated rings. The summed E-state index contributed by atoms with van der Waals surface area (Å²) in [5, 5.41) is 5.53. The minimum Gasteiger partial charge on any atom is -0.378 e. The average molecular weight is 504 g/mol. The van der Waals surface area contributed by atoms with Crippen LogP contribution in [0.2, 0.25) is 0 Å². The molecule has 10 heteroatoms. The fourth-order valence-corrected chi connectivity index (χ4v) is 6.63. The molecule has 1 aromatic carbocycles. The number of amides is 2. The third-order valence-electron chi connectivity index (χ3n) is 7.96. The number of benzene rings is 1. The number of piperidine rings is 1. The number of likely N-dealkylation sites (tertiary alicyclic amines) is 2. The van der Waals surface area contributed by atoms with Crippen LogP contribution in [0.5, 0.6) is 0 Å². The van der Waals surface area contributed by atoms with Crippen molar-refractivity contribution in [1.29, 1.82) is 0 Å². The minimum atomic E-state index is -3.32. The predicted molar refractivity (Wildman–Crippen MR) is 135 cm³/mol. The zero-order chi connectivity index (χ0) is 24.6. The number of carbonyl (C=O) groups excluding carboxylic acids is 1. The van der Waals surface area contributed by atoms with E-state index in [0.29, 0.717) is 32.0 Å². The number of aryl methyl sites for hydroxylation is 1. The van der Waals surface area contributed by atoms with Crippen molar-refractivity contribution in [2.24, 2.45) is 13.0 Å². The Balaban J connectivity index is 1.16. The molecular formula is C25H37N5O4S. The van der Waals surface area contributed by atoms with Crippen LogP contribution in [0.3, 0.4) is 0 Å². The highest BCUT2D eigenvalue weighted by Crippen LogP contribution is 2.35. The van der Waals surface area contributed by atoms with Gasteiger partial charge in [0.05, 0.1) is 30.7 Å². The van der Waals surface area contributed by atoms with E-state index in [1.807, 2.05) is 27.7 Å². The first-order valence-electron chi connectivity index (χ1n) is 12.8. The Morgan fingerprint density at radius 1 is 1.11 bits per heavy atom. The Morgan fingerprint density at radius 3 is 2.57 bits per heavy atom. The van der Waals surface area contributed by atoms with E-state index in [0.717, 1.165) is 50.7 Å². The van der Waals surface area contributed by atoms with Gasteiger partial charge in [0.15, 0.2) is 0 Å². The van der Waals surface area contributed by atoms with Gasteiger partial charge < -0.3 is 14.5 Å². The number of fused-ring (bicyclic) bond motifs is 1. The number of hydrogen-bond donors (Lipinski definition) is 1. The van der Waals surface area contributed by atoms with Crippen molar-refractivity contribution in [3.05, 3.63) is 30.0 Å². The third-order valence-corrected chi connectivity index (χ3v) is 8.69. The molecule has 9 nitrogen and oxygen atoms in total. The van der Waals surface area contributed by atoms with E-state index in [-0.39, 0.29) is 24.1 Å². The van der Waals surface area contributed by atoms with Crippen molar-refractivity contribution in [3.63, 3.8) is 0 Å². The van der Waals surface area contributed by atoms with Crippen LogP contribution in [-0.4, -0.2) is 85.2 Å². The lowest BCUT2D eigenvalue weighted by molar-refractivity contribution is -0.0149.